The van der Waals surface area contributed by atoms with Crippen molar-refractivity contribution in [2.24, 2.45) is 0 Å². The molecule has 0 bridgehead atoms. The fraction of sp³-hybridized carbons (Fsp3) is 0.478. The van der Waals surface area contributed by atoms with Crippen LogP contribution < -0.4 is 5.32 Å². The molecular weight excluding hydrogens is 497 g/mol. The van der Waals surface area contributed by atoms with Crippen LogP contribution in [0.15, 0.2) is 18.2 Å². The molecular formula is C23H27ClFN5O6. The molecule has 2 aromatic rings. The van der Waals surface area contributed by atoms with Crippen molar-refractivity contribution in [3.05, 3.63) is 46.0 Å². The zero-order chi connectivity index (χ0) is 26.2. The molecule has 1 aromatic heterocycles. The lowest BCUT2D eigenvalue weighted by molar-refractivity contribution is -0.163. The van der Waals surface area contributed by atoms with Crippen LogP contribution in [0.25, 0.3) is 0 Å². The molecule has 0 fully saturated rings. The quantitative estimate of drug-likeness (QED) is 0.611. The Morgan fingerprint density at radius 2 is 2.08 bits per heavy atom. The lowest BCUT2D eigenvalue weighted by atomic mass is 10.1. The van der Waals surface area contributed by atoms with E-state index >= 15 is 0 Å². The molecule has 0 radical (unpaired) electrons. The summed E-state index contributed by atoms with van der Waals surface area (Å²) >= 11 is 5.80. The highest BCUT2D eigenvalue weighted by molar-refractivity contribution is 6.31. The van der Waals surface area contributed by atoms with Crippen LogP contribution in [0.1, 0.15) is 42.5 Å². The zero-order valence-corrected chi connectivity index (χ0v) is 21.1. The minimum absolute atomic E-state index is 0.102. The van der Waals surface area contributed by atoms with E-state index < -0.39 is 35.6 Å². The average Bonchev–Trinajstić information content (AvgIpc) is 3.09. The fourth-order valence-electron chi connectivity index (χ4n) is 3.92. The first-order chi connectivity index (χ1) is 16.9. The van der Waals surface area contributed by atoms with Crippen LogP contribution in [0.5, 0.6) is 0 Å². The van der Waals surface area contributed by atoms with E-state index in [0.29, 0.717) is 35.6 Å². The topological polar surface area (TPSA) is 115 Å². The number of urea groups is 1. The second-order valence-electron chi connectivity index (χ2n) is 9.49. The number of amides is 3. The molecule has 3 heterocycles. The van der Waals surface area contributed by atoms with Gasteiger partial charge in [-0.25, -0.2) is 19.0 Å². The smallest absolute Gasteiger partial charge is 0.431 e. The highest BCUT2D eigenvalue weighted by atomic mass is 35.5. The molecule has 2 aliphatic rings. The van der Waals surface area contributed by atoms with Gasteiger partial charge in [-0.3, -0.25) is 14.3 Å². The average molecular weight is 524 g/mol. The van der Waals surface area contributed by atoms with Crippen molar-refractivity contribution in [2.75, 3.05) is 25.5 Å². The number of rotatable bonds is 3. The van der Waals surface area contributed by atoms with Crippen molar-refractivity contribution in [3.63, 3.8) is 0 Å². The number of hydrogen-bond acceptors (Lipinski definition) is 7. The van der Waals surface area contributed by atoms with E-state index in [9.17, 15) is 18.8 Å². The first kappa shape index (κ1) is 25.7. The largest absolute Gasteiger partial charge is 0.508 e. The number of benzene rings is 1. The van der Waals surface area contributed by atoms with Crippen LogP contribution in [-0.4, -0.2) is 69.7 Å². The van der Waals surface area contributed by atoms with Crippen LogP contribution in [0.2, 0.25) is 5.02 Å². The first-order valence-electron chi connectivity index (χ1n) is 11.3. The van der Waals surface area contributed by atoms with Crippen LogP contribution in [0.3, 0.4) is 0 Å². The summed E-state index contributed by atoms with van der Waals surface area (Å²) in [6.45, 7) is 5.69. The standard InChI is InChI=1S/C23H27ClFN5O6/c1-23(2,3)35-22(33)34-12-14-10-30-19(20(31)28(4)36-14)15-11-29(8-7-18(15)27-30)21(32)26-13-5-6-17(25)16(24)9-13/h5-6,9,14H,7-8,10-12H2,1-4H3,(H,26,32). The monoisotopic (exact) mass is 523 g/mol. The van der Waals surface area contributed by atoms with Gasteiger partial charge in [-0.1, -0.05) is 11.6 Å². The van der Waals surface area contributed by atoms with Crippen molar-refractivity contribution < 1.29 is 33.1 Å². The normalized spacial score (nSPS) is 17.7. The Balaban J connectivity index is 1.47. The molecule has 1 aromatic carbocycles. The maximum absolute atomic E-state index is 13.4. The van der Waals surface area contributed by atoms with Gasteiger partial charge in [-0.05, 0) is 39.0 Å². The maximum Gasteiger partial charge on any atom is 0.508 e. The van der Waals surface area contributed by atoms with E-state index in [2.05, 4.69) is 10.4 Å². The summed E-state index contributed by atoms with van der Waals surface area (Å²) in [6, 6.07) is 3.49. The van der Waals surface area contributed by atoms with Crippen molar-refractivity contribution in [3.8, 4) is 0 Å². The minimum Gasteiger partial charge on any atom is -0.431 e. The number of hydroxylamine groups is 2. The molecule has 36 heavy (non-hydrogen) atoms. The summed E-state index contributed by atoms with van der Waals surface area (Å²) in [4.78, 5) is 45.1. The van der Waals surface area contributed by atoms with Gasteiger partial charge in [0.25, 0.3) is 5.91 Å². The van der Waals surface area contributed by atoms with Gasteiger partial charge in [0.15, 0.2) is 0 Å². The molecule has 0 aliphatic carbocycles. The summed E-state index contributed by atoms with van der Waals surface area (Å²) < 4.78 is 25.3. The summed E-state index contributed by atoms with van der Waals surface area (Å²) in [6.07, 6.45) is -1.09. The Morgan fingerprint density at radius 1 is 1.33 bits per heavy atom. The Labute approximate surface area is 212 Å². The SMILES string of the molecule is CN1OC(COC(=O)OC(C)(C)C)Cn2nc3c(c2C1=O)CN(C(=O)Nc1ccc(F)c(Cl)c1)CC3. The predicted molar refractivity (Wildman–Crippen MR) is 126 cm³/mol. The molecule has 13 heteroatoms. The molecule has 1 atom stereocenters. The maximum atomic E-state index is 13.4. The van der Waals surface area contributed by atoms with Crippen LogP contribution in [0, 0.1) is 5.82 Å². The van der Waals surface area contributed by atoms with Crippen LogP contribution in [0.4, 0.5) is 19.7 Å². The Morgan fingerprint density at radius 3 is 2.78 bits per heavy atom. The van der Waals surface area contributed by atoms with E-state index in [1.165, 1.54) is 34.8 Å². The lowest BCUT2D eigenvalue weighted by Gasteiger charge is -2.27. The molecule has 0 saturated carbocycles. The number of hydrogen-bond donors (Lipinski definition) is 1. The summed E-state index contributed by atoms with van der Waals surface area (Å²) in [5, 5.41) is 8.24. The van der Waals surface area contributed by atoms with E-state index in [-0.39, 0.29) is 24.7 Å². The van der Waals surface area contributed by atoms with Gasteiger partial charge in [0, 0.05) is 31.3 Å². The number of carbonyl (C=O) groups excluding carboxylic acids is 3. The van der Waals surface area contributed by atoms with Crippen molar-refractivity contribution in [1.82, 2.24) is 19.7 Å². The van der Waals surface area contributed by atoms with E-state index in [1.807, 2.05) is 0 Å². The molecule has 194 valence electrons. The molecule has 2 aliphatic heterocycles. The van der Waals surface area contributed by atoms with Crippen molar-refractivity contribution in [2.45, 2.75) is 52.0 Å². The number of carbonyl (C=O) groups is 3. The molecule has 1 unspecified atom stereocenters. The first-order valence-corrected chi connectivity index (χ1v) is 11.7. The molecule has 4 rings (SSSR count). The van der Waals surface area contributed by atoms with Gasteiger partial charge in [0.1, 0.15) is 29.8 Å². The van der Waals surface area contributed by atoms with Crippen molar-refractivity contribution in [1.29, 1.82) is 0 Å². The minimum atomic E-state index is -0.839. The third-order valence-electron chi connectivity index (χ3n) is 5.51. The third-order valence-corrected chi connectivity index (χ3v) is 5.80. The Kier molecular flexibility index (Phi) is 7.10. The number of aromatic nitrogens is 2. The lowest BCUT2D eigenvalue weighted by Crippen LogP contribution is -2.39. The van der Waals surface area contributed by atoms with Crippen LogP contribution in [-0.2, 0) is 33.8 Å². The molecule has 3 amide bonds. The van der Waals surface area contributed by atoms with Gasteiger partial charge >= 0.3 is 12.2 Å². The summed E-state index contributed by atoms with van der Waals surface area (Å²) in [5.74, 6) is -1.02. The second-order valence-corrected chi connectivity index (χ2v) is 9.90. The number of ether oxygens (including phenoxy) is 2. The summed E-state index contributed by atoms with van der Waals surface area (Å²) in [5.41, 5.74) is 1.26. The number of nitrogens with zero attached hydrogens (tertiary/aromatic N) is 4. The molecule has 0 spiro atoms. The molecule has 11 nitrogen and oxygen atoms in total. The summed E-state index contributed by atoms with van der Waals surface area (Å²) in [7, 11) is 1.46. The van der Waals surface area contributed by atoms with Gasteiger partial charge in [0.05, 0.1) is 23.8 Å². The number of fused-ring (bicyclic) bond motifs is 3. The fourth-order valence-corrected chi connectivity index (χ4v) is 4.10. The Bertz CT molecular complexity index is 1200. The number of anilines is 1. The van der Waals surface area contributed by atoms with Gasteiger partial charge in [0.2, 0.25) is 0 Å². The number of halogens is 2. The van der Waals surface area contributed by atoms with Gasteiger partial charge in [-0.2, -0.15) is 5.10 Å². The second kappa shape index (κ2) is 9.94. The van der Waals surface area contributed by atoms with Gasteiger partial charge < -0.3 is 19.7 Å². The van der Waals surface area contributed by atoms with Crippen LogP contribution >= 0.6 is 11.6 Å². The van der Waals surface area contributed by atoms with E-state index in [0.717, 1.165) is 5.06 Å². The predicted octanol–water partition coefficient (Wildman–Crippen LogP) is 3.60. The van der Waals surface area contributed by atoms with Gasteiger partial charge in [-0.15, -0.1) is 0 Å². The highest BCUT2D eigenvalue weighted by Crippen LogP contribution is 2.27. The third kappa shape index (κ3) is 5.71. The highest BCUT2D eigenvalue weighted by Gasteiger charge is 2.36. The van der Waals surface area contributed by atoms with Crippen molar-refractivity contribution >= 4 is 35.4 Å². The molecule has 0 saturated heterocycles. The zero-order valence-electron chi connectivity index (χ0n) is 20.3. The van der Waals surface area contributed by atoms with E-state index in [1.54, 1.807) is 20.8 Å². The molecule has 1 N–H and O–H groups in total. The Hall–Kier alpha value is -3.38. The number of nitrogens with one attached hydrogen (secondary N) is 1. The van der Waals surface area contributed by atoms with E-state index in [4.69, 9.17) is 25.9 Å².